The van der Waals surface area contributed by atoms with E-state index < -0.39 is 5.79 Å². The van der Waals surface area contributed by atoms with Crippen LogP contribution in [0, 0.1) is 5.92 Å². The summed E-state index contributed by atoms with van der Waals surface area (Å²) in [5, 5.41) is 0. The molecule has 0 spiro atoms. The molecule has 1 unspecified atom stereocenters. The smallest absolute Gasteiger partial charge is 0.170 e. The Kier molecular flexibility index (Phi) is 16.0. The molecule has 1 atom stereocenters. The van der Waals surface area contributed by atoms with Gasteiger partial charge in [-0.2, -0.15) is 12.6 Å². The van der Waals surface area contributed by atoms with E-state index in [0.717, 1.165) is 44.6 Å². The van der Waals surface area contributed by atoms with Gasteiger partial charge < -0.3 is 9.47 Å². The SMILES string of the molecule is CCCCCCCCC(CCS)C(CC)(OCCC)OCCC. The van der Waals surface area contributed by atoms with Crippen molar-refractivity contribution in [2.24, 2.45) is 5.92 Å². The van der Waals surface area contributed by atoms with Gasteiger partial charge in [-0.3, -0.25) is 0 Å². The number of ether oxygens (including phenoxy) is 2. The van der Waals surface area contributed by atoms with Crippen LogP contribution >= 0.6 is 12.6 Å². The van der Waals surface area contributed by atoms with Crippen LogP contribution in [0.4, 0.5) is 0 Å². The highest BCUT2D eigenvalue weighted by Gasteiger charge is 2.38. The van der Waals surface area contributed by atoms with E-state index in [9.17, 15) is 0 Å². The lowest BCUT2D eigenvalue weighted by molar-refractivity contribution is -0.271. The molecule has 0 radical (unpaired) electrons. The summed E-state index contributed by atoms with van der Waals surface area (Å²) >= 11 is 4.49. The molecular formula is C20H42O2S. The average Bonchev–Trinajstić information content (AvgIpc) is 2.58. The fourth-order valence-electron chi connectivity index (χ4n) is 3.23. The van der Waals surface area contributed by atoms with Gasteiger partial charge in [0.25, 0.3) is 0 Å². The molecule has 0 fully saturated rings. The van der Waals surface area contributed by atoms with Crippen LogP contribution < -0.4 is 0 Å². The van der Waals surface area contributed by atoms with Crippen LogP contribution in [-0.2, 0) is 9.47 Å². The van der Waals surface area contributed by atoms with E-state index in [0.29, 0.717) is 5.92 Å². The molecule has 0 rings (SSSR count). The predicted molar refractivity (Wildman–Crippen MR) is 105 cm³/mol. The maximum absolute atomic E-state index is 6.28. The molecule has 0 N–H and O–H groups in total. The van der Waals surface area contributed by atoms with E-state index >= 15 is 0 Å². The molecular weight excluding hydrogens is 304 g/mol. The summed E-state index contributed by atoms with van der Waals surface area (Å²) in [5.41, 5.74) is 0. The zero-order valence-electron chi connectivity index (χ0n) is 16.2. The predicted octanol–water partition coefficient (Wildman–Crippen LogP) is 6.63. The topological polar surface area (TPSA) is 18.5 Å². The maximum atomic E-state index is 6.28. The quantitative estimate of drug-likeness (QED) is 0.181. The van der Waals surface area contributed by atoms with Crippen LogP contribution in [0.15, 0.2) is 0 Å². The lowest BCUT2D eigenvalue weighted by Gasteiger charge is -2.40. The Morgan fingerprint density at radius 3 is 1.78 bits per heavy atom. The first-order valence-corrected chi connectivity index (χ1v) is 10.7. The number of hydrogen-bond acceptors (Lipinski definition) is 3. The molecule has 0 aliphatic heterocycles. The van der Waals surface area contributed by atoms with E-state index in [1.54, 1.807) is 0 Å². The molecule has 0 aliphatic rings. The van der Waals surface area contributed by atoms with Gasteiger partial charge in [0, 0.05) is 19.1 Å². The highest BCUT2D eigenvalue weighted by Crippen LogP contribution is 2.35. The minimum atomic E-state index is -0.391. The lowest BCUT2D eigenvalue weighted by Crippen LogP contribution is -2.44. The first-order valence-electron chi connectivity index (χ1n) is 10.1. The van der Waals surface area contributed by atoms with Crippen molar-refractivity contribution in [1.82, 2.24) is 0 Å². The minimum Gasteiger partial charge on any atom is -0.350 e. The van der Waals surface area contributed by atoms with Crippen LogP contribution in [0.5, 0.6) is 0 Å². The normalized spacial score (nSPS) is 13.4. The summed E-state index contributed by atoms with van der Waals surface area (Å²) in [5.74, 6) is 0.986. The lowest BCUT2D eigenvalue weighted by atomic mass is 9.87. The standard InChI is InChI=1S/C20H42O2S/c1-5-9-10-11-12-13-14-19(15-18-23)20(8-4,21-16-6-2)22-17-7-3/h19,23H,5-18H2,1-4H3. The highest BCUT2D eigenvalue weighted by molar-refractivity contribution is 7.80. The average molecular weight is 347 g/mol. The first-order chi connectivity index (χ1) is 11.2. The van der Waals surface area contributed by atoms with Gasteiger partial charge in [0.15, 0.2) is 5.79 Å². The molecule has 23 heavy (non-hydrogen) atoms. The molecule has 0 aliphatic carbocycles. The van der Waals surface area contributed by atoms with E-state index in [1.165, 1.54) is 44.9 Å². The molecule has 0 saturated carbocycles. The number of unbranched alkanes of at least 4 members (excludes halogenated alkanes) is 5. The molecule has 0 amide bonds. The van der Waals surface area contributed by atoms with Crippen molar-refractivity contribution in [3.63, 3.8) is 0 Å². The second-order valence-electron chi connectivity index (χ2n) is 6.63. The fraction of sp³-hybridized carbons (Fsp3) is 1.00. The monoisotopic (exact) mass is 346 g/mol. The number of thiol groups is 1. The summed E-state index contributed by atoms with van der Waals surface area (Å²) in [6.45, 7) is 10.4. The Bertz CT molecular complexity index is 238. The van der Waals surface area contributed by atoms with Crippen molar-refractivity contribution >= 4 is 12.6 Å². The van der Waals surface area contributed by atoms with Gasteiger partial charge >= 0.3 is 0 Å². The van der Waals surface area contributed by atoms with Crippen molar-refractivity contribution in [3.05, 3.63) is 0 Å². The van der Waals surface area contributed by atoms with Gasteiger partial charge in [0.1, 0.15) is 0 Å². The van der Waals surface area contributed by atoms with Gasteiger partial charge in [-0.1, -0.05) is 66.2 Å². The van der Waals surface area contributed by atoms with E-state index in [-0.39, 0.29) is 0 Å². The molecule has 0 saturated heterocycles. The zero-order valence-corrected chi connectivity index (χ0v) is 17.1. The Morgan fingerprint density at radius 2 is 1.30 bits per heavy atom. The zero-order chi connectivity index (χ0) is 17.4. The van der Waals surface area contributed by atoms with Crippen LogP contribution in [0.3, 0.4) is 0 Å². The second kappa shape index (κ2) is 15.8. The van der Waals surface area contributed by atoms with Crippen LogP contribution in [-0.4, -0.2) is 24.8 Å². The Morgan fingerprint density at radius 1 is 0.739 bits per heavy atom. The van der Waals surface area contributed by atoms with Gasteiger partial charge in [0.05, 0.1) is 0 Å². The van der Waals surface area contributed by atoms with Gasteiger partial charge in [-0.05, 0) is 37.9 Å². The van der Waals surface area contributed by atoms with Crippen molar-refractivity contribution in [2.75, 3.05) is 19.0 Å². The van der Waals surface area contributed by atoms with Crippen LogP contribution in [0.2, 0.25) is 0 Å². The van der Waals surface area contributed by atoms with E-state index in [1.807, 2.05) is 0 Å². The van der Waals surface area contributed by atoms with E-state index in [2.05, 4.69) is 40.3 Å². The third-order valence-electron chi connectivity index (χ3n) is 4.60. The van der Waals surface area contributed by atoms with Crippen LogP contribution in [0.1, 0.15) is 98.3 Å². The molecule has 0 bridgehead atoms. The number of rotatable bonds is 17. The van der Waals surface area contributed by atoms with Crippen molar-refractivity contribution in [3.8, 4) is 0 Å². The van der Waals surface area contributed by atoms with Crippen molar-refractivity contribution < 1.29 is 9.47 Å². The van der Waals surface area contributed by atoms with Crippen molar-refractivity contribution in [2.45, 2.75) is 104 Å². The summed E-state index contributed by atoms with van der Waals surface area (Å²) in [6.07, 6.45) is 13.4. The van der Waals surface area contributed by atoms with Gasteiger partial charge in [0.2, 0.25) is 0 Å². The van der Waals surface area contributed by atoms with Crippen molar-refractivity contribution in [1.29, 1.82) is 0 Å². The number of hydrogen-bond donors (Lipinski definition) is 1. The Balaban J connectivity index is 4.62. The highest BCUT2D eigenvalue weighted by atomic mass is 32.1. The molecule has 0 aromatic rings. The Labute approximate surface area is 151 Å². The minimum absolute atomic E-state index is 0.391. The van der Waals surface area contributed by atoms with Gasteiger partial charge in [-0.15, -0.1) is 0 Å². The largest absolute Gasteiger partial charge is 0.350 e. The molecule has 140 valence electrons. The molecule has 2 nitrogen and oxygen atoms in total. The Hall–Kier alpha value is 0.270. The summed E-state index contributed by atoms with van der Waals surface area (Å²) in [4.78, 5) is 0. The summed E-state index contributed by atoms with van der Waals surface area (Å²) < 4.78 is 12.6. The maximum Gasteiger partial charge on any atom is 0.170 e. The van der Waals surface area contributed by atoms with E-state index in [4.69, 9.17) is 9.47 Å². The molecule has 0 aromatic carbocycles. The third kappa shape index (κ3) is 9.99. The molecule has 0 heterocycles. The third-order valence-corrected chi connectivity index (χ3v) is 4.86. The summed E-state index contributed by atoms with van der Waals surface area (Å²) in [6, 6.07) is 0. The first kappa shape index (κ1) is 23.3. The van der Waals surface area contributed by atoms with Crippen LogP contribution in [0.25, 0.3) is 0 Å². The van der Waals surface area contributed by atoms with Gasteiger partial charge in [-0.25, -0.2) is 0 Å². The molecule has 0 aromatic heterocycles. The second-order valence-corrected chi connectivity index (χ2v) is 7.08. The molecule has 3 heteroatoms. The fourth-order valence-corrected chi connectivity index (χ4v) is 3.54. The summed E-state index contributed by atoms with van der Waals surface area (Å²) in [7, 11) is 0.